The number of amides is 2. The Labute approximate surface area is 150 Å². The van der Waals surface area contributed by atoms with Gasteiger partial charge in [0.25, 0.3) is 0 Å². The average molecular weight is 390 g/mol. The molecule has 0 saturated heterocycles. The third kappa shape index (κ3) is 5.45. The second-order valence-corrected chi connectivity index (χ2v) is 6.48. The molecule has 1 aromatic heterocycles. The Morgan fingerprint density at radius 2 is 1.92 bits per heavy atom. The minimum absolute atomic E-state index is 0.173. The summed E-state index contributed by atoms with van der Waals surface area (Å²) in [7, 11) is 1.71. The summed E-state index contributed by atoms with van der Waals surface area (Å²) >= 11 is 3.41. The Morgan fingerprint density at radius 3 is 2.58 bits per heavy atom. The van der Waals surface area contributed by atoms with Gasteiger partial charge in [0, 0.05) is 30.5 Å². The Bertz CT molecular complexity index is 719. The van der Waals surface area contributed by atoms with E-state index in [-0.39, 0.29) is 18.2 Å². The van der Waals surface area contributed by atoms with Crippen LogP contribution in [0.1, 0.15) is 17.5 Å². The van der Waals surface area contributed by atoms with Crippen LogP contribution in [0.4, 0.5) is 5.69 Å². The highest BCUT2D eigenvalue weighted by atomic mass is 79.9. The van der Waals surface area contributed by atoms with E-state index in [9.17, 15) is 9.59 Å². The zero-order valence-corrected chi connectivity index (χ0v) is 15.3. The summed E-state index contributed by atoms with van der Waals surface area (Å²) < 4.78 is 0.800. The summed E-state index contributed by atoms with van der Waals surface area (Å²) in [5.74, 6) is -0.523. The van der Waals surface area contributed by atoms with E-state index >= 15 is 0 Å². The number of halogens is 1. The Kier molecular flexibility index (Phi) is 6.49. The number of hydrogen-bond acceptors (Lipinski definition) is 3. The van der Waals surface area contributed by atoms with Crippen molar-refractivity contribution < 1.29 is 9.59 Å². The van der Waals surface area contributed by atoms with Gasteiger partial charge < -0.3 is 10.2 Å². The molecule has 1 aromatic carbocycles. The molecule has 0 spiro atoms. The SMILES string of the molecule is Cc1ccc(NC(=O)CC(=O)N(C)CCc2ccncc2)c(Br)c1. The molecule has 0 atom stereocenters. The van der Waals surface area contributed by atoms with Crippen molar-refractivity contribution in [3.05, 3.63) is 58.3 Å². The third-order valence-electron chi connectivity index (χ3n) is 3.62. The normalized spacial score (nSPS) is 10.3. The van der Waals surface area contributed by atoms with E-state index in [4.69, 9.17) is 0 Å². The molecule has 0 saturated carbocycles. The van der Waals surface area contributed by atoms with Gasteiger partial charge in [-0.1, -0.05) is 6.07 Å². The van der Waals surface area contributed by atoms with Crippen molar-refractivity contribution in [2.75, 3.05) is 18.9 Å². The van der Waals surface area contributed by atoms with E-state index in [1.807, 2.05) is 37.3 Å². The van der Waals surface area contributed by atoms with Crippen LogP contribution in [0.3, 0.4) is 0 Å². The molecule has 126 valence electrons. The van der Waals surface area contributed by atoms with E-state index in [0.717, 1.165) is 22.0 Å². The molecule has 0 unspecified atom stereocenters. The van der Waals surface area contributed by atoms with Crippen molar-refractivity contribution >= 4 is 33.4 Å². The molecule has 0 aliphatic heterocycles. The fourth-order valence-corrected chi connectivity index (χ4v) is 2.75. The molecule has 2 aromatic rings. The number of aryl methyl sites for hydroxylation is 1. The Balaban J connectivity index is 1.83. The topological polar surface area (TPSA) is 62.3 Å². The van der Waals surface area contributed by atoms with Gasteiger partial charge in [-0.15, -0.1) is 0 Å². The van der Waals surface area contributed by atoms with E-state index in [1.165, 1.54) is 0 Å². The smallest absolute Gasteiger partial charge is 0.233 e. The average Bonchev–Trinajstić information content (AvgIpc) is 2.56. The summed E-state index contributed by atoms with van der Waals surface area (Å²) in [6, 6.07) is 9.47. The maximum atomic E-state index is 12.1. The van der Waals surface area contributed by atoms with Crippen LogP contribution in [0.2, 0.25) is 0 Å². The molecule has 0 aliphatic rings. The van der Waals surface area contributed by atoms with Gasteiger partial charge in [-0.2, -0.15) is 0 Å². The maximum Gasteiger partial charge on any atom is 0.233 e. The number of rotatable bonds is 6. The first-order chi connectivity index (χ1) is 11.5. The lowest BCUT2D eigenvalue weighted by Crippen LogP contribution is -2.32. The number of nitrogens with zero attached hydrogens (tertiary/aromatic N) is 2. The van der Waals surface area contributed by atoms with Crippen LogP contribution in [-0.2, 0) is 16.0 Å². The van der Waals surface area contributed by atoms with Crippen LogP contribution in [0, 0.1) is 6.92 Å². The van der Waals surface area contributed by atoms with E-state index in [2.05, 4.69) is 26.2 Å². The van der Waals surface area contributed by atoms with Gasteiger partial charge in [0.2, 0.25) is 11.8 Å². The lowest BCUT2D eigenvalue weighted by Gasteiger charge is -2.17. The molecule has 0 fully saturated rings. The van der Waals surface area contributed by atoms with Crippen LogP contribution in [0.25, 0.3) is 0 Å². The second-order valence-electron chi connectivity index (χ2n) is 5.63. The lowest BCUT2D eigenvalue weighted by atomic mass is 10.2. The van der Waals surface area contributed by atoms with Crippen molar-refractivity contribution in [2.24, 2.45) is 0 Å². The molecule has 2 amide bonds. The summed E-state index contributed by atoms with van der Waals surface area (Å²) in [4.78, 5) is 29.7. The monoisotopic (exact) mass is 389 g/mol. The highest BCUT2D eigenvalue weighted by Crippen LogP contribution is 2.23. The molecule has 6 heteroatoms. The summed E-state index contributed by atoms with van der Waals surface area (Å²) in [6.45, 7) is 2.53. The third-order valence-corrected chi connectivity index (χ3v) is 4.28. The van der Waals surface area contributed by atoms with Crippen molar-refractivity contribution in [1.82, 2.24) is 9.88 Å². The highest BCUT2D eigenvalue weighted by Gasteiger charge is 2.15. The van der Waals surface area contributed by atoms with Crippen LogP contribution < -0.4 is 5.32 Å². The van der Waals surface area contributed by atoms with Gasteiger partial charge in [-0.05, 0) is 64.7 Å². The van der Waals surface area contributed by atoms with E-state index in [1.54, 1.807) is 24.3 Å². The number of likely N-dealkylation sites (N-methyl/N-ethyl adjacent to an activating group) is 1. The van der Waals surface area contributed by atoms with Gasteiger partial charge in [0.15, 0.2) is 0 Å². The number of hydrogen-bond donors (Lipinski definition) is 1. The minimum Gasteiger partial charge on any atom is -0.345 e. The fraction of sp³-hybridized carbons (Fsp3) is 0.278. The number of nitrogens with one attached hydrogen (secondary N) is 1. The van der Waals surface area contributed by atoms with Crippen molar-refractivity contribution in [1.29, 1.82) is 0 Å². The minimum atomic E-state index is -0.319. The maximum absolute atomic E-state index is 12.1. The number of carbonyl (C=O) groups excluding carboxylic acids is 2. The number of pyridine rings is 1. The lowest BCUT2D eigenvalue weighted by molar-refractivity contribution is -0.133. The van der Waals surface area contributed by atoms with Crippen LogP contribution in [0.15, 0.2) is 47.2 Å². The summed E-state index contributed by atoms with van der Waals surface area (Å²) in [6.07, 6.45) is 4.01. The molecule has 0 radical (unpaired) electrons. The molecule has 5 nitrogen and oxygen atoms in total. The van der Waals surface area contributed by atoms with Crippen molar-refractivity contribution in [2.45, 2.75) is 19.8 Å². The van der Waals surface area contributed by atoms with Crippen LogP contribution >= 0.6 is 15.9 Å². The molecular formula is C18H20BrN3O2. The van der Waals surface area contributed by atoms with Crippen LogP contribution in [-0.4, -0.2) is 35.3 Å². The fourth-order valence-electron chi connectivity index (χ4n) is 2.16. The van der Waals surface area contributed by atoms with Crippen molar-refractivity contribution in [3.8, 4) is 0 Å². The highest BCUT2D eigenvalue weighted by molar-refractivity contribution is 9.10. The molecule has 1 N–H and O–H groups in total. The number of aromatic nitrogens is 1. The predicted molar refractivity (Wildman–Crippen MR) is 97.7 cm³/mol. The first-order valence-corrected chi connectivity index (χ1v) is 8.44. The molecule has 0 bridgehead atoms. The zero-order chi connectivity index (χ0) is 17.5. The molecule has 0 aliphatic carbocycles. The Morgan fingerprint density at radius 1 is 1.21 bits per heavy atom. The number of benzene rings is 1. The van der Waals surface area contributed by atoms with E-state index < -0.39 is 0 Å². The standard InChI is InChI=1S/C18H20BrN3O2/c1-13-3-4-16(15(19)11-13)21-17(23)12-18(24)22(2)10-7-14-5-8-20-9-6-14/h3-6,8-9,11H,7,10,12H2,1-2H3,(H,21,23). The van der Waals surface area contributed by atoms with Gasteiger partial charge in [0.1, 0.15) is 6.42 Å². The summed E-state index contributed by atoms with van der Waals surface area (Å²) in [5, 5.41) is 2.76. The second kappa shape index (κ2) is 8.59. The molecule has 1 heterocycles. The van der Waals surface area contributed by atoms with Gasteiger partial charge in [-0.25, -0.2) is 0 Å². The molecule has 2 rings (SSSR count). The Hall–Kier alpha value is -2.21. The molecular weight excluding hydrogens is 370 g/mol. The first kappa shape index (κ1) is 18.1. The van der Waals surface area contributed by atoms with Gasteiger partial charge in [0.05, 0.1) is 5.69 Å². The van der Waals surface area contributed by atoms with Gasteiger partial charge >= 0.3 is 0 Å². The van der Waals surface area contributed by atoms with Crippen LogP contribution in [0.5, 0.6) is 0 Å². The molecule has 24 heavy (non-hydrogen) atoms. The van der Waals surface area contributed by atoms with Crippen molar-refractivity contribution in [3.63, 3.8) is 0 Å². The number of anilines is 1. The number of carbonyl (C=O) groups is 2. The largest absolute Gasteiger partial charge is 0.345 e. The van der Waals surface area contributed by atoms with Gasteiger partial charge in [-0.3, -0.25) is 14.6 Å². The first-order valence-electron chi connectivity index (χ1n) is 7.64. The quantitative estimate of drug-likeness (QED) is 0.771. The summed E-state index contributed by atoms with van der Waals surface area (Å²) in [5.41, 5.74) is 2.86. The van der Waals surface area contributed by atoms with E-state index in [0.29, 0.717) is 12.2 Å². The predicted octanol–water partition coefficient (Wildman–Crippen LogP) is 3.18. The zero-order valence-electron chi connectivity index (χ0n) is 13.8.